The maximum absolute atomic E-state index is 11.8. The lowest BCUT2D eigenvalue weighted by Gasteiger charge is -2.36. The lowest BCUT2D eigenvalue weighted by molar-refractivity contribution is -0.141. The standard InChI is InChI=1S/C18H31NO6/c1-17(2,3)25-16(24)19-13(15(22)23)8-7-11-18(12-14(20)21)9-5-4-6-10-18/h13H,4-12H2,1-3H3,(H,19,24)(H,20,21)(H,22,23). The lowest BCUT2D eigenvalue weighted by atomic mass is 9.69. The molecular weight excluding hydrogens is 326 g/mol. The molecular formula is C18H31NO6. The number of carbonyl (C=O) groups is 3. The van der Waals surface area contributed by atoms with Crippen LogP contribution >= 0.6 is 0 Å². The van der Waals surface area contributed by atoms with Gasteiger partial charge in [-0.3, -0.25) is 4.79 Å². The Labute approximate surface area is 149 Å². The van der Waals surface area contributed by atoms with Gasteiger partial charge in [0.05, 0.1) is 6.42 Å². The van der Waals surface area contributed by atoms with Crippen molar-refractivity contribution >= 4 is 18.0 Å². The summed E-state index contributed by atoms with van der Waals surface area (Å²) in [5.41, 5.74) is -0.931. The SMILES string of the molecule is CC(C)(C)OC(=O)NC(CCCC1(CC(=O)O)CCCCC1)C(=O)O. The number of nitrogens with one attached hydrogen (secondary N) is 1. The monoisotopic (exact) mass is 357 g/mol. The maximum Gasteiger partial charge on any atom is 0.408 e. The van der Waals surface area contributed by atoms with E-state index in [4.69, 9.17) is 4.74 Å². The number of carbonyl (C=O) groups excluding carboxylic acids is 1. The second-order valence-electron chi connectivity index (χ2n) is 8.06. The van der Waals surface area contributed by atoms with Crippen LogP contribution in [0, 0.1) is 5.41 Å². The third kappa shape index (κ3) is 8.23. The van der Waals surface area contributed by atoms with Gasteiger partial charge in [-0.2, -0.15) is 0 Å². The smallest absolute Gasteiger partial charge is 0.408 e. The van der Waals surface area contributed by atoms with E-state index in [9.17, 15) is 24.6 Å². The Morgan fingerprint density at radius 3 is 2.20 bits per heavy atom. The zero-order valence-corrected chi connectivity index (χ0v) is 15.5. The van der Waals surface area contributed by atoms with Crippen LogP contribution in [0.2, 0.25) is 0 Å². The van der Waals surface area contributed by atoms with Crippen LogP contribution in [0.5, 0.6) is 0 Å². The van der Waals surface area contributed by atoms with Crippen molar-refractivity contribution in [2.75, 3.05) is 0 Å². The molecule has 1 amide bonds. The number of rotatable bonds is 8. The largest absolute Gasteiger partial charge is 0.481 e. The molecule has 7 nitrogen and oxygen atoms in total. The summed E-state index contributed by atoms with van der Waals surface area (Å²) in [6.45, 7) is 5.13. The van der Waals surface area contributed by atoms with E-state index >= 15 is 0 Å². The number of hydrogen-bond acceptors (Lipinski definition) is 4. The number of ether oxygens (including phenoxy) is 1. The minimum absolute atomic E-state index is 0.129. The van der Waals surface area contributed by atoms with Gasteiger partial charge in [-0.15, -0.1) is 0 Å². The van der Waals surface area contributed by atoms with Gasteiger partial charge >= 0.3 is 18.0 Å². The summed E-state index contributed by atoms with van der Waals surface area (Å²) < 4.78 is 5.10. The Morgan fingerprint density at radius 1 is 1.12 bits per heavy atom. The van der Waals surface area contributed by atoms with Gasteiger partial charge in [0.15, 0.2) is 0 Å². The molecule has 1 saturated carbocycles. The summed E-state index contributed by atoms with van der Waals surface area (Å²) in [4.78, 5) is 34.3. The number of carboxylic acid groups (broad SMARTS) is 2. The molecule has 0 aromatic carbocycles. The third-order valence-corrected chi connectivity index (χ3v) is 4.63. The molecule has 1 fully saturated rings. The average molecular weight is 357 g/mol. The van der Waals surface area contributed by atoms with Crippen molar-refractivity contribution in [3.8, 4) is 0 Å². The second-order valence-corrected chi connectivity index (χ2v) is 8.06. The van der Waals surface area contributed by atoms with Gasteiger partial charge in [-0.25, -0.2) is 9.59 Å². The van der Waals surface area contributed by atoms with E-state index in [1.165, 1.54) is 0 Å². The van der Waals surface area contributed by atoms with Crippen molar-refractivity contribution in [3.05, 3.63) is 0 Å². The van der Waals surface area contributed by atoms with Crippen molar-refractivity contribution in [2.45, 2.75) is 90.2 Å². The van der Waals surface area contributed by atoms with Gasteiger partial charge < -0.3 is 20.3 Å². The summed E-state index contributed by atoms with van der Waals surface area (Å²) in [7, 11) is 0. The fraction of sp³-hybridized carbons (Fsp3) is 0.833. The first kappa shape index (κ1) is 21.3. The molecule has 0 bridgehead atoms. The molecule has 0 spiro atoms. The quantitative estimate of drug-likeness (QED) is 0.612. The zero-order chi connectivity index (χ0) is 19.1. The second kappa shape index (κ2) is 9.06. The van der Waals surface area contributed by atoms with Crippen molar-refractivity contribution in [2.24, 2.45) is 5.41 Å². The number of carboxylic acids is 2. The van der Waals surface area contributed by atoms with Gasteiger partial charge in [0, 0.05) is 0 Å². The fourth-order valence-electron chi connectivity index (χ4n) is 3.53. The van der Waals surface area contributed by atoms with Crippen LogP contribution in [-0.2, 0) is 14.3 Å². The highest BCUT2D eigenvalue weighted by Gasteiger charge is 2.34. The molecule has 0 aliphatic heterocycles. The normalized spacial score (nSPS) is 18.2. The topological polar surface area (TPSA) is 113 Å². The van der Waals surface area contributed by atoms with E-state index in [1.807, 2.05) is 0 Å². The minimum Gasteiger partial charge on any atom is -0.481 e. The van der Waals surface area contributed by atoms with Gasteiger partial charge in [0.25, 0.3) is 0 Å². The third-order valence-electron chi connectivity index (χ3n) is 4.63. The van der Waals surface area contributed by atoms with Crippen LogP contribution in [-0.4, -0.2) is 39.9 Å². The molecule has 0 aromatic heterocycles. The van der Waals surface area contributed by atoms with E-state index in [1.54, 1.807) is 20.8 Å². The number of aliphatic carboxylic acids is 2. The van der Waals surface area contributed by atoms with Gasteiger partial charge in [-0.05, 0) is 51.9 Å². The molecule has 3 N–H and O–H groups in total. The first-order valence-corrected chi connectivity index (χ1v) is 8.97. The van der Waals surface area contributed by atoms with Crippen molar-refractivity contribution in [1.82, 2.24) is 5.32 Å². The summed E-state index contributed by atoms with van der Waals surface area (Å²) >= 11 is 0. The van der Waals surface area contributed by atoms with E-state index in [-0.39, 0.29) is 18.3 Å². The molecule has 1 unspecified atom stereocenters. The van der Waals surface area contributed by atoms with Gasteiger partial charge in [0.1, 0.15) is 11.6 Å². The molecule has 0 aromatic rings. The van der Waals surface area contributed by atoms with Crippen molar-refractivity contribution in [3.63, 3.8) is 0 Å². The van der Waals surface area contributed by atoms with Crippen molar-refractivity contribution in [1.29, 1.82) is 0 Å². The van der Waals surface area contributed by atoms with Gasteiger partial charge in [0.2, 0.25) is 0 Å². The van der Waals surface area contributed by atoms with Gasteiger partial charge in [-0.1, -0.05) is 25.7 Å². The summed E-state index contributed by atoms with van der Waals surface area (Å²) in [5, 5.41) is 20.9. The number of amides is 1. The Balaban J connectivity index is 2.56. The molecule has 0 radical (unpaired) electrons. The number of alkyl carbamates (subject to hydrolysis) is 1. The molecule has 7 heteroatoms. The first-order valence-electron chi connectivity index (χ1n) is 8.97. The number of hydrogen-bond donors (Lipinski definition) is 3. The van der Waals surface area contributed by atoms with E-state index < -0.39 is 29.7 Å². The lowest BCUT2D eigenvalue weighted by Crippen LogP contribution is -2.43. The van der Waals surface area contributed by atoms with E-state index in [0.717, 1.165) is 32.1 Å². The summed E-state index contributed by atoms with van der Waals surface area (Å²) in [5.74, 6) is -1.91. The molecule has 0 heterocycles. The highest BCUT2D eigenvalue weighted by atomic mass is 16.6. The minimum atomic E-state index is -1.11. The summed E-state index contributed by atoms with van der Waals surface area (Å²) in [6, 6.07) is -1.03. The Kier molecular flexibility index (Phi) is 7.70. The van der Waals surface area contributed by atoms with Crippen LogP contribution in [0.4, 0.5) is 4.79 Å². The predicted molar refractivity (Wildman–Crippen MR) is 92.4 cm³/mol. The highest BCUT2D eigenvalue weighted by Crippen LogP contribution is 2.43. The van der Waals surface area contributed by atoms with Crippen LogP contribution in [0.15, 0.2) is 0 Å². The Bertz CT molecular complexity index is 476. The highest BCUT2D eigenvalue weighted by molar-refractivity contribution is 5.79. The molecule has 144 valence electrons. The Hall–Kier alpha value is -1.79. The predicted octanol–water partition coefficient (Wildman–Crippen LogP) is 3.56. The molecule has 1 atom stereocenters. The molecule has 25 heavy (non-hydrogen) atoms. The Morgan fingerprint density at radius 2 is 1.72 bits per heavy atom. The maximum atomic E-state index is 11.8. The average Bonchev–Trinajstić information content (AvgIpc) is 2.44. The van der Waals surface area contributed by atoms with Crippen LogP contribution in [0.25, 0.3) is 0 Å². The fourth-order valence-corrected chi connectivity index (χ4v) is 3.53. The van der Waals surface area contributed by atoms with E-state index in [2.05, 4.69) is 5.32 Å². The van der Waals surface area contributed by atoms with Crippen LogP contribution in [0.3, 0.4) is 0 Å². The van der Waals surface area contributed by atoms with Crippen LogP contribution in [0.1, 0.15) is 78.6 Å². The van der Waals surface area contributed by atoms with Crippen molar-refractivity contribution < 1.29 is 29.3 Å². The van der Waals surface area contributed by atoms with Crippen LogP contribution < -0.4 is 5.32 Å². The molecule has 0 saturated heterocycles. The first-order chi connectivity index (χ1) is 11.5. The summed E-state index contributed by atoms with van der Waals surface area (Å²) in [6.07, 6.45) is 5.77. The zero-order valence-electron chi connectivity index (χ0n) is 15.5. The molecule has 1 aliphatic rings. The van der Waals surface area contributed by atoms with E-state index in [0.29, 0.717) is 12.8 Å². The molecule has 1 rings (SSSR count). The molecule has 1 aliphatic carbocycles.